The number of ether oxygens (including phenoxy) is 2. The topological polar surface area (TPSA) is 55.2 Å². The Labute approximate surface area is 199 Å². The summed E-state index contributed by atoms with van der Waals surface area (Å²) in [7, 11) is 3.07. The molecule has 0 saturated heterocycles. The molecule has 0 atom stereocenters. The van der Waals surface area contributed by atoms with Crippen molar-refractivity contribution in [2.75, 3.05) is 14.2 Å². The summed E-state index contributed by atoms with van der Waals surface area (Å²) >= 11 is 3.57. The fourth-order valence-corrected chi connectivity index (χ4v) is 4.66. The maximum atomic E-state index is 11.9. The number of aromatic nitrogens is 2. The summed E-state index contributed by atoms with van der Waals surface area (Å²) in [4.78, 5) is 15.5. The molecule has 0 bridgehead atoms. The molecule has 33 heavy (non-hydrogen) atoms. The van der Waals surface area contributed by atoms with Gasteiger partial charge in [-0.2, -0.15) is 4.57 Å². The van der Waals surface area contributed by atoms with E-state index in [1.54, 1.807) is 19.2 Å². The number of methoxy groups -OCH3 is 2. The van der Waals surface area contributed by atoms with Gasteiger partial charge in [0.05, 0.1) is 19.8 Å². The van der Waals surface area contributed by atoms with Crippen molar-refractivity contribution in [2.45, 2.75) is 6.54 Å². The molecule has 2 aromatic heterocycles. The second-order valence-electron chi connectivity index (χ2n) is 7.82. The third-order valence-electron chi connectivity index (χ3n) is 5.81. The minimum absolute atomic E-state index is 0.348. The summed E-state index contributed by atoms with van der Waals surface area (Å²) in [6.45, 7) is 0.697. The Morgan fingerprint density at radius 1 is 0.970 bits per heavy atom. The van der Waals surface area contributed by atoms with Crippen LogP contribution >= 0.6 is 15.9 Å². The Kier molecular flexibility index (Phi) is 5.60. The van der Waals surface area contributed by atoms with Gasteiger partial charge in [0.1, 0.15) is 11.3 Å². The van der Waals surface area contributed by atoms with E-state index >= 15 is 0 Å². The number of H-pyrrole nitrogens is 1. The number of hydrogen-bond donors (Lipinski definition) is 1. The lowest BCUT2D eigenvalue weighted by atomic mass is 10.0. The molecule has 0 amide bonds. The van der Waals surface area contributed by atoms with E-state index in [1.165, 1.54) is 12.7 Å². The van der Waals surface area contributed by atoms with Crippen molar-refractivity contribution in [3.63, 3.8) is 0 Å². The Morgan fingerprint density at radius 3 is 2.52 bits per heavy atom. The number of nitrogens with one attached hydrogen (secondary N) is 1. The standard InChI is InChI=1S/C27H21BrN2O3/c1-32-21-10-11-24-23(15-21)22-12-13-30(16-17-4-3-5-20(28)14-17)26(25(22)29-24)18-6-8-19(9-7-18)27(31)33-2/h3-15H,16H2,1-2H3/p+1. The van der Waals surface area contributed by atoms with Gasteiger partial charge in [-0.05, 0) is 54.6 Å². The van der Waals surface area contributed by atoms with E-state index in [9.17, 15) is 4.79 Å². The molecule has 164 valence electrons. The molecule has 2 heterocycles. The average Bonchev–Trinajstić information content (AvgIpc) is 3.21. The Balaban J connectivity index is 1.73. The maximum Gasteiger partial charge on any atom is 0.337 e. The molecule has 0 unspecified atom stereocenters. The highest BCUT2D eigenvalue weighted by molar-refractivity contribution is 9.10. The van der Waals surface area contributed by atoms with E-state index in [0.29, 0.717) is 12.1 Å². The molecule has 5 rings (SSSR count). The highest BCUT2D eigenvalue weighted by Crippen LogP contribution is 2.33. The Hall–Kier alpha value is -3.64. The van der Waals surface area contributed by atoms with E-state index in [2.05, 4.69) is 55.9 Å². The first-order chi connectivity index (χ1) is 16.1. The zero-order valence-electron chi connectivity index (χ0n) is 18.3. The number of halogens is 1. The molecular formula is C27H22BrN2O3+. The normalized spacial score (nSPS) is 11.1. The molecule has 3 aromatic carbocycles. The van der Waals surface area contributed by atoms with Gasteiger partial charge >= 0.3 is 5.97 Å². The van der Waals surface area contributed by atoms with Crippen LogP contribution in [0, 0.1) is 0 Å². The zero-order chi connectivity index (χ0) is 22.9. The number of esters is 1. The van der Waals surface area contributed by atoms with Gasteiger partial charge in [0.2, 0.25) is 5.69 Å². The van der Waals surface area contributed by atoms with E-state index in [-0.39, 0.29) is 5.97 Å². The number of rotatable bonds is 5. The first kappa shape index (κ1) is 21.2. The molecule has 0 radical (unpaired) electrons. The number of aromatic amines is 1. The molecular weight excluding hydrogens is 480 g/mol. The number of nitrogens with zero attached hydrogens (tertiary/aromatic N) is 1. The largest absolute Gasteiger partial charge is 0.497 e. The van der Waals surface area contributed by atoms with Crippen molar-refractivity contribution >= 4 is 43.7 Å². The summed E-state index contributed by atoms with van der Waals surface area (Å²) in [6, 6.07) is 24.0. The van der Waals surface area contributed by atoms with Crippen molar-refractivity contribution in [3.8, 4) is 17.0 Å². The number of pyridine rings is 1. The fourth-order valence-electron chi connectivity index (χ4n) is 4.22. The lowest BCUT2D eigenvalue weighted by molar-refractivity contribution is -0.676. The fraction of sp³-hybridized carbons (Fsp3) is 0.111. The van der Waals surface area contributed by atoms with Crippen LogP contribution in [0.15, 0.2) is 83.5 Å². The van der Waals surface area contributed by atoms with Crippen molar-refractivity contribution in [1.82, 2.24) is 4.98 Å². The monoisotopic (exact) mass is 501 g/mol. The van der Waals surface area contributed by atoms with E-state index in [4.69, 9.17) is 9.47 Å². The number of benzene rings is 3. The van der Waals surface area contributed by atoms with Crippen LogP contribution in [0.25, 0.3) is 33.1 Å². The molecule has 0 aliphatic heterocycles. The van der Waals surface area contributed by atoms with Crippen molar-refractivity contribution in [1.29, 1.82) is 0 Å². The molecule has 0 saturated carbocycles. The number of fused-ring (bicyclic) bond motifs is 3. The van der Waals surface area contributed by atoms with Crippen LogP contribution in [0.3, 0.4) is 0 Å². The summed E-state index contributed by atoms with van der Waals surface area (Å²) < 4.78 is 13.6. The molecule has 5 nitrogen and oxygen atoms in total. The first-order valence-electron chi connectivity index (χ1n) is 10.5. The van der Waals surface area contributed by atoms with Gasteiger partial charge in [-0.25, -0.2) is 4.79 Å². The smallest absolute Gasteiger partial charge is 0.337 e. The molecule has 5 aromatic rings. The molecule has 6 heteroatoms. The minimum Gasteiger partial charge on any atom is -0.497 e. The van der Waals surface area contributed by atoms with Crippen LogP contribution in [0.4, 0.5) is 0 Å². The summed E-state index contributed by atoms with van der Waals surface area (Å²) in [5, 5.41) is 2.22. The van der Waals surface area contributed by atoms with Gasteiger partial charge in [-0.3, -0.25) is 0 Å². The van der Waals surface area contributed by atoms with Crippen LogP contribution in [-0.4, -0.2) is 25.2 Å². The van der Waals surface area contributed by atoms with Crippen LogP contribution in [0.1, 0.15) is 15.9 Å². The van der Waals surface area contributed by atoms with Gasteiger partial charge in [-0.1, -0.05) is 28.1 Å². The summed E-state index contributed by atoms with van der Waals surface area (Å²) in [6.07, 6.45) is 2.11. The first-order valence-corrected chi connectivity index (χ1v) is 11.3. The van der Waals surface area contributed by atoms with Crippen molar-refractivity contribution < 1.29 is 18.8 Å². The average molecular weight is 502 g/mol. The van der Waals surface area contributed by atoms with E-state index in [1.807, 2.05) is 36.4 Å². The van der Waals surface area contributed by atoms with Crippen LogP contribution < -0.4 is 9.30 Å². The molecule has 0 aliphatic carbocycles. The summed E-state index contributed by atoms with van der Waals surface area (Å²) in [5.74, 6) is 0.470. The summed E-state index contributed by atoms with van der Waals surface area (Å²) in [5.41, 5.74) is 5.81. The zero-order valence-corrected chi connectivity index (χ0v) is 19.8. The van der Waals surface area contributed by atoms with Crippen LogP contribution in [0.5, 0.6) is 5.75 Å². The van der Waals surface area contributed by atoms with Crippen molar-refractivity contribution in [2.24, 2.45) is 0 Å². The van der Waals surface area contributed by atoms with Gasteiger partial charge in [0.15, 0.2) is 12.7 Å². The minimum atomic E-state index is -0.348. The quantitative estimate of drug-likeness (QED) is 0.241. The maximum absolute atomic E-state index is 11.9. The third kappa shape index (κ3) is 3.98. The second kappa shape index (κ2) is 8.71. The van der Waals surface area contributed by atoms with E-state index < -0.39 is 0 Å². The van der Waals surface area contributed by atoms with Crippen LogP contribution in [-0.2, 0) is 11.3 Å². The molecule has 0 aliphatic rings. The third-order valence-corrected chi connectivity index (χ3v) is 6.31. The molecule has 1 N–H and O–H groups in total. The number of carbonyl (C=O) groups is 1. The van der Waals surface area contributed by atoms with Gasteiger partial charge in [0.25, 0.3) is 0 Å². The van der Waals surface area contributed by atoms with Crippen molar-refractivity contribution in [3.05, 3.63) is 94.6 Å². The molecule has 0 spiro atoms. The van der Waals surface area contributed by atoms with Crippen LogP contribution in [0.2, 0.25) is 0 Å². The highest BCUT2D eigenvalue weighted by Gasteiger charge is 2.22. The highest BCUT2D eigenvalue weighted by atomic mass is 79.9. The number of carbonyl (C=O) groups excluding carboxylic acids is 1. The molecule has 0 fully saturated rings. The Bertz CT molecular complexity index is 1490. The predicted octanol–water partition coefficient (Wildman–Crippen LogP) is 5.88. The number of hydrogen-bond acceptors (Lipinski definition) is 3. The van der Waals surface area contributed by atoms with Gasteiger partial charge < -0.3 is 14.5 Å². The lowest BCUT2D eigenvalue weighted by Gasteiger charge is -2.08. The Morgan fingerprint density at radius 2 is 1.79 bits per heavy atom. The SMILES string of the molecule is COC(=O)c1ccc(-c2c3[nH]c4ccc(OC)cc4c3cc[n+]2Cc2cccc(Br)c2)cc1. The van der Waals surface area contributed by atoms with Gasteiger partial charge in [0, 0.05) is 38.0 Å². The van der Waals surface area contributed by atoms with Gasteiger partial charge in [-0.15, -0.1) is 0 Å². The predicted molar refractivity (Wildman–Crippen MR) is 133 cm³/mol. The lowest BCUT2D eigenvalue weighted by Crippen LogP contribution is -2.36. The van der Waals surface area contributed by atoms with E-state index in [0.717, 1.165) is 43.3 Å². The second-order valence-corrected chi connectivity index (χ2v) is 8.73.